The van der Waals surface area contributed by atoms with Crippen LogP contribution in [0.1, 0.15) is 37.3 Å². The number of alkyl carbamates (subject to hydrolysis) is 1. The molecule has 0 spiro atoms. The van der Waals surface area contributed by atoms with Gasteiger partial charge in [-0.15, -0.1) is 11.3 Å². The molecule has 30 heavy (non-hydrogen) atoms. The number of rotatable bonds is 5. The van der Waals surface area contributed by atoms with E-state index in [-0.39, 0.29) is 18.0 Å². The minimum atomic E-state index is -3.75. The van der Waals surface area contributed by atoms with Crippen molar-refractivity contribution in [3.8, 4) is 0 Å². The largest absolute Gasteiger partial charge is 0.444 e. The van der Waals surface area contributed by atoms with Crippen LogP contribution in [-0.2, 0) is 14.8 Å². The molecule has 0 aliphatic carbocycles. The molecule has 9 heteroatoms. The number of carbonyl (C=O) groups excluding carboxylic acids is 1. The van der Waals surface area contributed by atoms with Gasteiger partial charge in [0.1, 0.15) is 5.60 Å². The number of aliphatic hydroxyl groups is 1. The van der Waals surface area contributed by atoms with E-state index in [1.807, 2.05) is 24.4 Å². The summed E-state index contributed by atoms with van der Waals surface area (Å²) in [6.45, 7) is 7.27. The number of sulfonamides is 1. The number of thiophene rings is 1. The Hall–Kier alpha value is -1.94. The van der Waals surface area contributed by atoms with Crippen molar-refractivity contribution in [2.75, 3.05) is 13.1 Å². The van der Waals surface area contributed by atoms with Gasteiger partial charge in [0.25, 0.3) is 0 Å². The fraction of sp³-hybridized carbons (Fsp3) is 0.476. The molecule has 2 aromatic rings. The maximum atomic E-state index is 13.1. The summed E-state index contributed by atoms with van der Waals surface area (Å²) in [6.07, 6.45) is -1.53. The number of aliphatic hydroxyl groups excluding tert-OH is 1. The van der Waals surface area contributed by atoms with Gasteiger partial charge in [-0.2, -0.15) is 4.31 Å². The number of hydrogen-bond acceptors (Lipinski definition) is 6. The summed E-state index contributed by atoms with van der Waals surface area (Å²) in [6, 6.07) is 9.78. The van der Waals surface area contributed by atoms with Crippen molar-refractivity contribution in [3.05, 3.63) is 52.2 Å². The van der Waals surface area contributed by atoms with Gasteiger partial charge in [0.05, 0.1) is 17.0 Å². The van der Waals surface area contributed by atoms with Gasteiger partial charge in [-0.1, -0.05) is 23.8 Å². The van der Waals surface area contributed by atoms with Crippen LogP contribution in [-0.4, -0.2) is 48.7 Å². The highest BCUT2D eigenvalue weighted by Gasteiger charge is 2.43. The summed E-state index contributed by atoms with van der Waals surface area (Å²) >= 11 is 1.44. The number of ether oxygens (including phenoxy) is 1. The van der Waals surface area contributed by atoms with Crippen LogP contribution in [0.4, 0.5) is 4.79 Å². The Balaban J connectivity index is 1.83. The molecule has 2 heterocycles. The first-order valence-corrected chi connectivity index (χ1v) is 12.1. The van der Waals surface area contributed by atoms with Crippen molar-refractivity contribution in [1.29, 1.82) is 0 Å². The first kappa shape index (κ1) is 22.7. The third kappa shape index (κ3) is 5.21. The summed E-state index contributed by atoms with van der Waals surface area (Å²) < 4.78 is 32.8. The molecular weight excluding hydrogens is 424 g/mol. The summed E-state index contributed by atoms with van der Waals surface area (Å²) in [5, 5.41) is 15.4. The summed E-state index contributed by atoms with van der Waals surface area (Å²) in [4.78, 5) is 13.4. The van der Waals surface area contributed by atoms with Crippen molar-refractivity contribution < 1.29 is 23.1 Å². The fourth-order valence-electron chi connectivity index (χ4n) is 3.45. The number of aryl methyl sites for hydroxylation is 1. The van der Waals surface area contributed by atoms with Gasteiger partial charge in [-0.05, 0) is 51.3 Å². The Bertz CT molecular complexity index is 966. The molecule has 0 saturated carbocycles. The van der Waals surface area contributed by atoms with Gasteiger partial charge in [-0.25, -0.2) is 13.2 Å². The molecule has 2 N–H and O–H groups in total. The van der Waals surface area contributed by atoms with E-state index in [9.17, 15) is 18.3 Å². The van der Waals surface area contributed by atoms with Gasteiger partial charge in [0, 0.05) is 23.9 Å². The smallest absolute Gasteiger partial charge is 0.408 e. The van der Waals surface area contributed by atoms with E-state index in [2.05, 4.69) is 5.32 Å². The lowest BCUT2D eigenvalue weighted by molar-refractivity contribution is 0.0453. The monoisotopic (exact) mass is 452 g/mol. The van der Waals surface area contributed by atoms with Crippen LogP contribution in [0.3, 0.4) is 0 Å². The van der Waals surface area contributed by atoms with E-state index in [0.717, 1.165) is 10.4 Å². The number of carbonyl (C=O) groups is 1. The van der Waals surface area contributed by atoms with Gasteiger partial charge in [0.2, 0.25) is 10.0 Å². The fourth-order valence-corrected chi connectivity index (χ4v) is 5.80. The highest BCUT2D eigenvalue weighted by Crippen LogP contribution is 2.35. The number of benzene rings is 1. The number of amides is 1. The van der Waals surface area contributed by atoms with Crippen molar-refractivity contribution >= 4 is 27.5 Å². The maximum absolute atomic E-state index is 13.1. The topological polar surface area (TPSA) is 95.9 Å². The van der Waals surface area contributed by atoms with Gasteiger partial charge < -0.3 is 15.2 Å². The van der Waals surface area contributed by atoms with Crippen LogP contribution < -0.4 is 5.32 Å². The number of nitrogens with zero attached hydrogens (tertiary/aromatic N) is 1. The zero-order valence-corrected chi connectivity index (χ0v) is 19.2. The molecule has 1 aromatic carbocycles. The molecule has 1 amide bonds. The standard InChI is InChI=1S/C21H28N2O5S2/c1-14-7-9-15(10-8-14)30(26,27)23-12-16(17(24)13-23)19(18-6-5-11-29-18)22-20(25)28-21(2,3)4/h5-11,16-17,19,24H,12-13H2,1-4H3,(H,22,25)/t16-,17-,19?/m1/s1. The molecule has 1 saturated heterocycles. The molecule has 3 atom stereocenters. The number of hydrogen-bond donors (Lipinski definition) is 2. The first-order chi connectivity index (χ1) is 14.0. The van der Waals surface area contributed by atoms with Crippen molar-refractivity contribution in [2.45, 2.75) is 50.3 Å². The molecule has 0 bridgehead atoms. The first-order valence-electron chi connectivity index (χ1n) is 9.75. The maximum Gasteiger partial charge on any atom is 0.408 e. The molecule has 1 aliphatic rings. The van der Waals surface area contributed by atoms with Crippen LogP contribution in [0, 0.1) is 12.8 Å². The van der Waals surface area contributed by atoms with Crippen LogP contribution in [0.2, 0.25) is 0 Å². The predicted octanol–water partition coefficient (Wildman–Crippen LogP) is 3.30. The lowest BCUT2D eigenvalue weighted by atomic mass is 9.95. The second-order valence-electron chi connectivity index (χ2n) is 8.51. The average Bonchev–Trinajstić information content (AvgIpc) is 3.29. The van der Waals surface area contributed by atoms with Crippen LogP contribution >= 0.6 is 11.3 Å². The van der Waals surface area contributed by atoms with E-state index < -0.39 is 39.8 Å². The van der Waals surface area contributed by atoms with Crippen molar-refractivity contribution in [1.82, 2.24) is 9.62 Å². The Morgan fingerprint density at radius 2 is 1.90 bits per heavy atom. The molecule has 164 valence electrons. The summed E-state index contributed by atoms with van der Waals surface area (Å²) in [5.41, 5.74) is 0.298. The number of β-amino-alcohol motifs (C(OH)–C–C–N with tert-alkyl or cyclic N) is 1. The quantitative estimate of drug-likeness (QED) is 0.726. The van der Waals surface area contributed by atoms with Gasteiger partial charge in [0.15, 0.2) is 0 Å². The van der Waals surface area contributed by atoms with E-state index in [1.165, 1.54) is 15.6 Å². The van der Waals surface area contributed by atoms with E-state index >= 15 is 0 Å². The molecule has 1 aliphatic heterocycles. The molecular formula is C21H28N2O5S2. The second-order valence-corrected chi connectivity index (χ2v) is 11.4. The third-order valence-corrected chi connectivity index (χ3v) is 7.71. The summed E-state index contributed by atoms with van der Waals surface area (Å²) in [7, 11) is -3.75. The average molecular weight is 453 g/mol. The lowest BCUT2D eigenvalue weighted by Gasteiger charge is -2.28. The molecule has 1 unspecified atom stereocenters. The summed E-state index contributed by atoms with van der Waals surface area (Å²) in [5.74, 6) is -0.503. The van der Waals surface area contributed by atoms with Crippen molar-refractivity contribution in [3.63, 3.8) is 0 Å². The molecule has 7 nitrogen and oxygen atoms in total. The van der Waals surface area contributed by atoms with Gasteiger partial charge in [-0.3, -0.25) is 0 Å². The van der Waals surface area contributed by atoms with E-state index in [1.54, 1.807) is 45.0 Å². The molecule has 3 rings (SSSR count). The normalized spacial score (nSPS) is 21.4. The van der Waals surface area contributed by atoms with E-state index in [0.29, 0.717) is 0 Å². The second kappa shape index (κ2) is 8.66. The van der Waals surface area contributed by atoms with Crippen LogP contribution in [0.15, 0.2) is 46.7 Å². The van der Waals surface area contributed by atoms with E-state index in [4.69, 9.17) is 4.74 Å². The van der Waals surface area contributed by atoms with Gasteiger partial charge >= 0.3 is 6.09 Å². The Morgan fingerprint density at radius 3 is 2.47 bits per heavy atom. The zero-order chi connectivity index (χ0) is 22.1. The van der Waals surface area contributed by atoms with Crippen molar-refractivity contribution in [2.24, 2.45) is 5.92 Å². The Morgan fingerprint density at radius 1 is 1.23 bits per heavy atom. The highest BCUT2D eigenvalue weighted by molar-refractivity contribution is 7.89. The molecule has 1 fully saturated rings. The van der Waals surface area contributed by atoms with Crippen LogP contribution in [0.25, 0.3) is 0 Å². The minimum Gasteiger partial charge on any atom is -0.444 e. The SMILES string of the molecule is Cc1ccc(S(=O)(=O)N2C[C@@H](O)[C@H](C(NC(=O)OC(C)(C)C)c3cccs3)C2)cc1. The molecule has 1 aromatic heterocycles. The Labute approximate surface area is 181 Å². The zero-order valence-electron chi connectivity index (χ0n) is 17.5. The number of nitrogens with one attached hydrogen (secondary N) is 1. The highest BCUT2D eigenvalue weighted by atomic mass is 32.2. The Kier molecular flexibility index (Phi) is 6.57. The minimum absolute atomic E-state index is 0.0290. The lowest BCUT2D eigenvalue weighted by Crippen LogP contribution is -2.40. The predicted molar refractivity (Wildman–Crippen MR) is 116 cm³/mol. The van der Waals surface area contributed by atoms with Crippen LogP contribution in [0.5, 0.6) is 0 Å². The molecule has 0 radical (unpaired) electrons. The third-order valence-electron chi connectivity index (χ3n) is 4.91.